The van der Waals surface area contributed by atoms with E-state index in [0.717, 1.165) is 5.56 Å². The number of nitrogens with one attached hydrogen (secondary N) is 1. The summed E-state index contributed by atoms with van der Waals surface area (Å²) in [5.74, 6) is 0.0206. The lowest BCUT2D eigenvalue weighted by Crippen LogP contribution is -2.41. The largest absolute Gasteiger partial charge is 0.481 e. The van der Waals surface area contributed by atoms with Gasteiger partial charge in [-0.25, -0.2) is 9.37 Å². The zero-order chi connectivity index (χ0) is 18.0. The van der Waals surface area contributed by atoms with Crippen LogP contribution in [0.1, 0.15) is 40.4 Å². The van der Waals surface area contributed by atoms with E-state index in [4.69, 9.17) is 4.74 Å². The summed E-state index contributed by atoms with van der Waals surface area (Å²) in [6.45, 7) is 1.62. The number of pyridine rings is 1. The Balaban J connectivity index is 1.81. The predicted octanol–water partition coefficient (Wildman–Crippen LogP) is 2.78. The van der Waals surface area contributed by atoms with Crippen LogP contribution in [0, 0.1) is 18.7 Å². The van der Waals surface area contributed by atoms with E-state index in [-0.39, 0.29) is 29.8 Å². The van der Waals surface area contributed by atoms with Gasteiger partial charge in [-0.1, -0.05) is 6.07 Å². The van der Waals surface area contributed by atoms with Gasteiger partial charge in [0.15, 0.2) is 0 Å². The number of carbonyl (C=O) groups excluding carboxylic acids is 1. The Kier molecular flexibility index (Phi) is 4.99. The Morgan fingerprint density at radius 2 is 2.12 bits per heavy atom. The van der Waals surface area contributed by atoms with Crippen LogP contribution in [0.25, 0.3) is 0 Å². The number of aliphatic hydroxyl groups is 1. The van der Waals surface area contributed by atoms with Gasteiger partial charge in [-0.2, -0.15) is 0 Å². The van der Waals surface area contributed by atoms with Crippen molar-refractivity contribution in [2.45, 2.75) is 31.9 Å². The smallest absolute Gasteiger partial charge is 0.251 e. The molecule has 1 amide bonds. The van der Waals surface area contributed by atoms with Crippen molar-refractivity contribution >= 4 is 5.91 Å². The second kappa shape index (κ2) is 7.19. The Labute approximate surface area is 145 Å². The normalized spacial score (nSPS) is 20.5. The molecule has 1 heterocycles. The molecule has 1 aliphatic rings. The van der Waals surface area contributed by atoms with E-state index in [0.29, 0.717) is 29.8 Å². The van der Waals surface area contributed by atoms with Crippen LogP contribution < -0.4 is 10.1 Å². The first-order chi connectivity index (χ1) is 12.0. The molecule has 1 aliphatic carbocycles. The summed E-state index contributed by atoms with van der Waals surface area (Å²) in [4.78, 5) is 16.8. The van der Waals surface area contributed by atoms with E-state index in [1.165, 1.54) is 18.2 Å². The van der Waals surface area contributed by atoms with E-state index in [1.807, 2.05) is 6.07 Å². The highest BCUT2D eigenvalue weighted by molar-refractivity contribution is 5.94. The van der Waals surface area contributed by atoms with Gasteiger partial charge >= 0.3 is 0 Å². The van der Waals surface area contributed by atoms with Gasteiger partial charge in [-0.3, -0.25) is 4.79 Å². The maximum Gasteiger partial charge on any atom is 0.251 e. The maximum absolute atomic E-state index is 13.4. The number of aliphatic hydroxyl groups excluding tert-OH is 1. The minimum Gasteiger partial charge on any atom is -0.481 e. The molecule has 2 N–H and O–H groups in total. The van der Waals surface area contributed by atoms with Crippen molar-refractivity contribution in [1.82, 2.24) is 10.3 Å². The van der Waals surface area contributed by atoms with Gasteiger partial charge in [0.1, 0.15) is 5.82 Å². The van der Waals surface area contributed by atoms with Crippen LogP contribution in [0.3, 0.4) is 0 Å². The van der Waals surface area contributed by atoms with Crippen LogP contribution in [0.15, 0.2) is 36.5 Å². The number of aryl methyl sites for hydroxylation is 1. The molecule has 1 aromatic heterocycles. The average Bonchev–Trinajstić information content (AvgIpc) is 2.59. The van der Waals surface area contributed by atoms with Crippen LogP contribution in [-0.4, -0.2) is 29.2 Å². The van der Waals surface area contributed by atoms with Crippen LogP contribution >= 0.6 is 0 Å². The Morgan fingerprint density at radius 3 is 2.68 bits per heavy atom. The molecular weight excluding hydrogens is 323 g/mol. The molecule has 0 aliphatic heterocycles. The number of halogens is 1. The number of benzene rings is 1. The lowest BCUT2D eigenvalue weighted by atomic mass is 9.75. The van der Waals surface area contributed by atoms with Crippen molar-refractivity contribution < 1.29 is 19.0 Å². The molecule has 6 heteroatoms. The number of carbonyl (C=O) groups is 1. The number of aromatic nitrogens is 1. The summed E-state index contributed by atoms with van der Waals surface area (Å²) in [5, 5.41) is 12.6. The van der Waals surface area contributed by atoms with Crippen molar-refractivity contribution in [1.29, 1.82) is 0 Å². The number of nitrogens with zero attached hydrogens (tertiary/aromatic N) is 1. The first-order valence-corrected chi connectivity index (χ1v) is 8.23. The van der Waals surface area contributed by atoms with Crippen molar-refractivity contribution in [2.24, 2.45) is 5.92 Å². The van der Waals surface area contributed by atoms with Crippen LogP contribution in [0.5, 0.6) is 5.88 Å². The Hall–Kier alpha value is -2.47. The van der Waals surface area contributed by atoms with Crippen molar-refractivity contribution in [3.63, 3.8) is 0 Å². The summed E-state index contributed by atoms with van der Waals surface area (Å²) in [5.41, 5.74) is 1.68. The van der Waals surface area contributed by atoms with E-state index < -0.39 is 0 Å². The lowest BCUT2D eigenvalue weighted by Gasteiger charge is -2.38. The third-order valence-electron chi connectivity index (χ3n) is 4.66. The third kappa shape index (κ3) is 3.79. The summed E-state index contributed by atoms with van der Waals surface area (Å²) in [6, 6.07) is 7.63. The van der Waals surface area contributed by atoms with Crippen molar-refractivity contribution in [3.8, 4) is 5.88 Å². The number of ether oxygens (including phenoxy) is 1. The van der Waals surface area contributed by atoms with Gasteiger partial charge in [0.2, 0.25) is 5.88 Å². The van der Waals surface area contributed by atoms with Gasteiger partial charge in [-0.15, -0.1) is 0 Å². The van der Waals surface area contributed by atoms with Gasteiger partial charge in [0, 0.05) is 17.8 Å². The molecule has 3 rings (SSSR count). The summed E-state index contributed by atoms with van der Waals surface area (Å²) >= 11 is 0. The Bertz CT molecular complexity index is 758. The maximum atomic E-state index is 13.4. The average molecular weight is 344 g/mol. The first kappa shape index (κ1) is 17.4. The first-order valence-electron chi connectivity index (χ1n) is 8.23. The van der Waals surface area contributed by atoms with E-state index in [9.17, 15) is 14.3 Å². The summed E-state index contributed by atoms with van der Waals surface area (Å²) in [6.07, 6.45) is 2.59. The van der Waals surface area contributed by atoms with Crippen molar-refractivity contribution in [2.75, 3.05) is 7.11 Å². The minimum atomic E-state index is -0.338. The molecule has 1 fully saturated rings. The lowest BCUT2D eigenvalue weighted by molar-refractivity contribution is 0.0234. The molecule has 0 radical (unpaired) electrons. The topological polar surface area (TPSA) is 71.5 Å². The molecule has 25 heavy (non-hydrogen) atoms. The van der Waals surface area contributed by atoms with E-state index >= 15 is 0 Å². The molecule has 5 nitrogen and oxygen atoms in total. The minimum absolute atomic E-state index is 0.135. The number of amides is 1. The van der Waals surface area contributed by atoms with E-state index in [2.05, 4.69) is 10.3 Å². The fourth-order valence-corrected chi connectivity index (χ4v) is 3.08. The monoisotopic (exact) mass is 344 g/mol. The van der Waals surface area contributed by atoms with Gasteiger partial charge < -0.3 is 15.2 Å². The molecule has 1 saturated carbocycles. The highest BCUT2D eigenvalue weighted by atomic mass is 19.1. The SMILES string of the molecule is COc1ccc([C@@H](NC(=O)c2ccc(F)c(C)c2)C2CC(O)C2)cn1. The van der Waals surface area contributed by atoms with Gasteiger partial charge in [0.25, 0.3) is 5.91 Å². The zero-order valence-corrected chi connectivity index (χ0v) is 14.2. The van der Waals surface area contributed by atoms with Crippen LogP contribution in [0.4, 0.5) is 4.39 Å². The third-order valence-corrected chi connectivity index (χ3v) is 4.66. The molecule has 0 saturated heterocycles. The number of hydrogen-bond acceptors (Lipinski definition) is 4. The molecular formula is C19H21FN2O3. The summed E-state index contributed by atoms with van der Waals surface area (Å²) < 4.78 is 18.5. The molecule has 1 aromatic carbocycles. The fourth-order valence-electron chi connectivity index (χ4n) is 3.08. The molecule has 0 bridgehead atoms. The molecule has 0 unspecified atom stereocenters. The van der Waals surface area contributed by atoms with Gasteiger partial charge in [0.05, 0.1) is 19.3 Å². The Morgan fingerprint density at radius 1 is 1.36 bits per heavy atom. The molecule has 0 spiro atoms. The predicted molar refractivity (Wildman–Crippen MR) is 90.9 cm³/mol. The fraction of sp³-hybridized carbons (Fsp3) is 0.368. The second-order valence-corrected chi connectivity index (χ2v) is 6.43. The number of rotatable bonds is 5. The molecule has 2 aromatic rings. The standard InChI is InChI=1S/C19H21FN2O3/c1-11-7-12(3-5-16(11)20)19(24)22-18(14-8-15(23)9-14)13-4-6-17(25-2)21-10-13/h3-7,10,14-15,18,23H,8-9H2,1-2H3,(H,22,24)/t14?,15?,18-/m1/s1. The van der Waals surface area contributed by atoms with Crippen molar-refractivity contribution in [3.05, 3.63) is 59.0 Å². The zero-order valence-electron chi connectivity index (χ0n) is 14.2. The van der Waals surface area contributed by atoms with Gasteiger partial charge in [-0.05, 0) is 55.0 Å². The number of hydrogen-bond donors (Lipinski definition) is 2. The van der Waals surface area contributed by atoms with Crippen LogP contribution in [0.2, 0.25) is 0 Å². The second-order valence-electron chi connectivity index (χ2n) is 6.43. The van der Waals surface area contributed by atoms with Crippen LogP contribution in [-0.2, 0) is 0 Å². The summed E-state index contributed by atoms with van der Waals surface area (Å²) in [7, 11) is 1.54. The quantitative estimate of drug-likeness (QED) is 0.875. The molecule has 1 atom stereocenters. The highest BCUT2D eigenvalue weighted by Crippen LogP contribution is 2.38. The highest BCUT2D eigenvalue weighted by Gasteiger charge is 2.36. The molecule has 132 valence electrons. The van der Waals surface area contributed by atoms with E-state index in [1.54, 1.807) is 26.3 Å². The number of methoxy groups -OCH3 is 1.